The number of fused-ring (bicyclic) bond motifs is 1. The highest BCUT2D eigenvalue weighted by Gasteiger charge is 2.43. The van der Waals surface area contributed by atoms with Crippen LogP contribution in [0.1, 0.15) is 40.0 Å². The van der Waals surface area contributed by atoms with E-state index in [0.717, 1.165) is 30.4 Å². The van der Waals surface area contributed by atoms with Crippen molar-refractivity contribution in [3.05, 3.63) is 23.3 Å². The summed E-state index contributed by atoms with van der Waals surface area (Å²) < 4.78 is 5.53. The maximum absolute atomic E-state index is 11.8. The lowest BCUT2D eigenvalue weighted by molar-refractivity contribution is -0.150. The van der Waals surface area contributed by atoms with Crippen LogP contribution < -0.4 is 0 Å². The van der Waals surface area contributed by atoms with Gasteiger partial charge in [-0.15, -0.1) is 0 Å². The quantitative estimate of drug-likeness (QED) is 0.385. The first-order valence-electron chi connectivity index (χ1n) is 6.03. The summed E-state index contributed by atoms with van der Waals surface area (Å²) in [6, 6.07) is 0. The van der Waals surface area contributed by atoms with E-state index in [1.807, 2.05) is 13.8 Å². The smallest absolute Gasteiger partial charge is 0.334 e. The Balaban J connectivity index is 2.23. The molecule has 3 atom stereocenters. The van der Waals surface area contributed by atoms with Gasteiger partial charge in [-0.25, -0.2) is 4.79 Å². The summed E-state index contributed by atoms with van der Waals surface area (Å²) in [5.74, 6) is 0.913. The number of carbonyl (C=O) groups is 1. The Morgan fingerprint density at radius 2 is 2.00 bits per heavy atom. The third-order valence-electron chi connectivity index (χ3n) is 3.94. The zero-order valence-corrected chi connectivity index (χ0v) is 10.4. The fourth-order valence-electron chi connectivity index (χ4n) is 3.00. The molecule has 0 amide bonds. The van der Waals surface area contributed by atoms with E-state index in [0.29, 0.717) is 11.8 Å². The molecular weight excluding hydrogens is 200 g/mol. The third kappa shape index (κ3) is 1.81. The number of allylic oxidation sites excluding steroid dienone is 2. The molecule has 2 fully saturated rings. The Labute approximate surface area is 97.4 Å². The monoisotopic (exact) mass is 220 g/mol. The van der Waals surface area contributed by atoms with Crippen molar-refractivity contribution in [3.63, 3.8) is 0 Å². The summed E-state index contributed by atoms with van der Waals surface area (Å²) in [5.41, 5.74) is 3.21. The standard InChI is InChI=1S/C14H20O2/c1-8(2)10-5-6-13-12(10)7-11(9(3)4)14(15)16-13/h10,12-13H,1,5-7H2,2-4H3. The van der Waals surface area contributed by atoms with Gasteiger partial charge in [0.15, 0.2) is 0 Å². The number of ether oxygens (including phenoxy) is 1. The molecule has 0 aromatic carbocycles. The van der Waals surface area contributed by atoms with Gasteiger partial charge in [0.25, 0.3) is 0 Å². The first-order valence-corrected chi connectivity index (χ1v) is 6.03. The van der Waals surface area contributed by atoms with Crippen molar-refractivity contribution in [3.8, 4) is 0 Å². The topological polar surface area (TPSA) is 26.3 Å². The molecule has 0 aromatic rings. The number of rotatable bonds is 1. The molecule has 3 unspecified atom stereocenters. The fourth-order valence-corrected chi connectivity index (χ4v) is 3.00. The predicted molar refractivity (Wildman–Crippen MR) is 63.9 cm³/mol. The summed E-state index contributed by atoms with van der Waals surface area (Å²) in [4.78, 5) is 11.8. The van der Waals surface area contributed by atoms with Crippen LogP contribution in [0.15, 0.2) is 23.3 Å². The van der Waals surface area contributed by atoms with Crippen molar-refractivity contribution in [2.75, 3.05) is 0 Å². The second kappa shape index (κ2) is 4.08. The Hall–Kier alpha value is -1.05. The second-order valence-electron chi connectivity index (χ2n) is 5.32. The number of carbonyl (C=O) groups excluding carboxylic acids is 1. The number of hydrogen-bond donors (Lipinski definition) is 0. The maximum atomic E-state index is 11.8. The van der Waals surface area contributed by atoms with E-state index in [-0.39, 0.29) is 12.1 Å². The first-order chi connectivity index (χ1) is 7.50. The van der Waals surface area contributed by atoms with Gasteiger partial charge in [-0.1, -0.05) is 17.7 Å². The Morgan fingerprint density at radius 1 is 1.31 bits per heavy atom. The van der Waals surface area contributed by atoms with Crippen LogP contribution in [0.3, 0.4) is 0 Å². The lowest BCUT2D eigenvalue weighted by Gasteiger charge is -2.31. The molecule has 2 aliphatic rings. The van der Waals surface area contributed by atoms with Crippen LogP contribution in [0.4, 0.5) is 0 Å². The highest BCUT2D eigenvalue weighted by Crippen LogP contribution is 2.44. The van der Waals surface area contributed by atoms with E-state index in [1.54, 1.807) is 0 Å². The SMILES string of the molecule is C=C(C)C1CCC2OC(=O)C(=C(C)C)CC21. The first kappa shape index (κ1) is 11.4. The van der Waals surface area contributed by atoms with Gasteiger partial charge in [-0.3, -0.25) is 0 Å². The Bertz CT molecular complexity index is 361. The molecule has 88 valence electrons. The average Bonchev–Trinajstić information content (AvgIpc) is 2.58. The van der Waals surface area contributed by atoms with Gasteiger partial charge < -0.3 is 4.74 Å². The normalized spacial score (nSPS) is 33.3. The summed E-state index contributed by atoms with van der Waals surface area (Å²) in [6.45, 7) is 10.1. The van der Waals surface area contributed by atoms with E-state index >= 15 is 0 Å². The molecule has 2 nitrogen and oxygen atoms in total. The average molecular weight is 220 g/mol. The Kier molecular flexibility index (Phi) is 2.92. The van der Waals surface area contributed by atoms with E-state index < -0.39 is 0 Å². The van der Waals surface area contributed by atoms with Crippen molar-refractivity contribution in [1.29, 1.82) is 0 Å². The van der Waals surface area contributed by atoms with Gasteiger partial charge in [-0.05, 0) is 46.0 Å². The lowest BCUT2D eigenvalue weighted by Crippen LogP contribution is -2.33. The molecule has 1 aliphatic heterocycles. The summed E-state index contributed by atoms with van der Waals surface area (Å²) in [7, 11) is 0. The van der Waals surface area contributed by atoms with Crippen molar-refractivity contribution in [2.45, 2.75) is 46.1 Å². The van der Waals surface area contributed by atoms with Crippen LogP contribution in [0.5, 0.6) is 0 Å². The molecule has 0 spiro atoms. The molecule has 2 rings (SSSR count). The molecule has 0 aromatic heterocycles. The maximum Gasteiger partial charge on any atom is 0.334 e. The minimum absolute atomic E-state index is 0.0939. The van der Waals surface area contributed by atoms with Crippen LogP contribution in [0.25, 0.3) is 0 Å². The second-order valence-corrected chi connectivity index (χ2v) is 5.32. The van der Waals surface area contributed by atoms with Crippen molar-refractivity contribution in [1.82, 2.24) is 0 Å². The summed E-state index contributed by atoms with van der Waals surface area (Å²) >= 11 is 0. The fraction of sp³-hybridized carbons (Fsp3) is 0.643. The molecule has 2 heteroatoms. The van der Waals surface area contributed by atoms with Crippen LogP contribution in [-0.4, -0.2) is 12.1 Å². The molecule has 1 saturated carbocycles. The van der Waals surface area contributed by atoms with Gasteiger partial charge in [0, 0.05) is 11.5 Å². The molecule has 1 heterocycles. The molecule has 1 saturated heterocycles. The molecule has 1 aliphatic carbocycles. The van der Waals surface area contributed by atoms with Gasteiger partial charge in [0.1, 0.15) is 6.10 Å². The van der Waals surface area contributed by atoms with Crippen LogP contribution in [-0.2, 0) is 9.53 Å². The lowest BCUT2D eigenvalue weighted by atomic mass is 9.82. The van der Waals surface area contributed by atoms with Gasteiger partial charge in [-0.2, -0.15) is 0 Å². The highest BCUT2D eigenvalue weighted by atomic mass is 16.5. The molecular formula is C14H20O2. The minimum Gasteiger partial charge on any atom is -0.459 e. The van der Waals surface area contributed by atoms with Crippen molar-refractivity contribution < 1.29 is 9.53 Å². The van der Waals surface area contributed by atoms with Gasteiger partial charge in [0.05, 0.1) is 0 Å². The number of hydrogen-bond acceptors (Lipinski definition) is 2. The van der Waals surface area contributed by atoms with E-state index in [1.165, 1.54) is 5.57 Å². The zero-order chi connectivity index (χ0) is 11.9. The summed E-state index contributed by atoms with van der Waals surface area (Å²) in [6.07, 6.45) is 3.14. The van der Waals surface area contributed by atoms with E-state index in [2.05, 4.69) is 13.5 Å². The predicted octanol–water partition coefficient (Wildman–Crippen LogP) is 3.24. The molecule has 0 bridgehead atoms. The van der Waals surface area contributed by atoms with Crippen LogP contribution in [0, 0.1) is 11.8 Å². The van der Waals surface area contributed by atoms with Gasteiger partial charge >= 0.3 is 5.97 Å². The molecule has 16 heavy (non-hydrogen) atoms. The van der Waals surface area contributed by atoms with Crippen LogP contribution >= 0.6 is 0 Å². The van der Waals surface area contributed by atoms with Crippen molar-refractivity contribution >= 4 is 5.97 Å². The van der Waals surface area contributed by atoms with E-state index in [4.69, 9.17) is 4.74 Å². The van der Waals surface area contributed by atoms with E-state index in [9.17, 15) is 4.79 Å². The van der Waals surface area contributed by atoms with Crippen molar-refractivity contribution in [2.24, 2.45) is 11.8 Å². The summed E-state index contributed by atoms with van der Waals surface area (Å²) in [5, 5.41) is 0. The van der Waals surface area contributed by atoms with Gasteiger partial charge in [0.2, 0.25) is 0 Å². The molecule has 0 radical (unpaired) electrons. The largest absolute Gasteiger partial charge is 0.459 e. The zero-order valence-electron chi connectivity index (χ0n) is 10.4. The third-order valence-corrected chi connectivity index (χ3v) is 3.94. The minimum atomic E-state index is -0.0939. The molecule has 0 N–H and O–H groups in total. The Morgan fingerprint density at radius 3 is 2.56 bits per heavy atom. The van der Waals surface area contributed by atoms with Crippen LogP contribution in [0.2, 0.25) is 0 Å². The highest BCUT2D eigenvalue weighted by molar-refractivity contribution is 5.90. The number of esters is 1.